The highest BCUT2D eigenvalue weighted by Gasteiger charge is 2.44. The molecule has 2 saturated heterocycles. The molecule has 3 fully saturated rings. The molecule has 1 aliphatic carbocycles. The molecule has 36 heavy (non-hydrogen) atoms. The van der Waals surface area contributed by atoms with Gasteiger partial charge in [0.25, 0.3) is 5.91 Å². The Kier molecular flexibility index (Phi) is 7.55. The van der Waals surface area contributed by atoms with Crippen molar-refractivity contribution in [2.45, 2.75) is 45.6 Å². The van der Waals surface area contributed by atoms with Crippen molar-refractivity contribution in [3.63, 3.8) is 0 Å². The summed E-state index contributed by atoms with van der Waals surface area (Å²) in [7, 11) is 0. The second-order valence-electron chi connectivity index (χ2n) is 10.2. The van der Waals surface area contributed by atoms with Gasteiger partial charge in [-0.2, -0.15) is 4.98 Å². The number of nitrogens with one attached hydrogen (secondary N) is 2. The molecule has 10 heteroatoms. The molecule has 3 N–H and O–H groups in total. The summed E-state index contributed by atoms with van der Waals surface area (Å²) in [5, 5.41) is 12.1. The van der Waals surface area contributed by atoms with Gasteiger partial charge in [0.2, 0.25) is 5.95 Å². The van der Waals surface area contributed by atoms with Crippen LogP contribution in [0.2, 0.25) is 0 Å². The average molecular weight is 513 g/mol. The summed E-state index contributed by atoms with van der Waals surface area (Å²) in [6.45, 7) is 8.07. The summed E-state index contributed by atoms with van der Waals surface area (Å²) < 4.78 is 8.94. The second-order valence-corrected chi connectivity index (χ2v) is 11.1. The zero-order valence-corrected chi connectivity index (χ0v) is 21.9. The van der Waals surface area contributed by atoms with E-state index in [4.69, 9.17) is 9.84 Å². The molecule has 194 valence electrons. The van der Waals surface area contributed by atoms with E-state index in [9.17, 15) is 4.79 Å². The van der Waals surface area contributed by atoms with Crippen LogP contribution in [0.15, 0.2) is 24.3 Å². The standard InChI is InChI=1S/C26H36N6O3S/c1-18-15-23(29-25(27-18)32-11-13-35-19(2)17-32)28-24(34)21-4-3-20(30-36-14-12-33)16-22(21)31-9-7-26(5-6-26)8-10-31/h3-4,15-16,19,30,33H,5-14,17H2,1-2H3,(H,27,28,29,34). The summed E-state index contributed by atoms with van der Waals surface area (Å²) >= 11 is 1.46. The van der Waals surface area contributed by atoms with E-state index in [1.807, 2.05) is 32.0 Å². The molecule has 3 aliphatic rings. The average Bonchev–Trinajstić information content (AvgIpc) is 3.63. The van der Waals surface area contributed by atoms with Crippen LogP contribution in [0.5, 0.6) is 0 Å². The number of amides is 1. The number of nitrogens with zero attached hydrogens (tertiary/aromatic N) is 4. The fraction of sp³-hybridized carbons (Fsp3) is 0.577. The van der Waals surface area contributed by atoms with Crippen molar-refractivity contribution in [1.29, 1.82) is 0 Å². The number of piperidine rings is 1. The smallest absolute Gasteiger partial charge is 0.258 e. The normalized spacial score (nSPS) is 20.9. The highest BCUT2D eigenvalue weighted by Crippen LogP contribution is 2.54. The van der Waals surface area contributed by atoms with Crippen LogP contribution in [-0.4, -0.2) is 72.2 Å². The molecule has 1 aromatic heterocycles. The lowest BCUT2D eigenvalue weighted by Gasteiger charge is -2.35. The van der Waals surface area contributed by atoms with Crippen LogP contribution in [0, 0.1) is 12.3 Å². The Morgan fingerprint density at radius 1 is 1.17 bits per heavy atom. The molecule has 0 radical (unpaired) electrons. The number of hydrogen-bond donors (Lipinski definition) is 3. The highest BCUT2D eigenvalue weighted by molar-refractivity contribution is 8.00. The van der Waals surface area contributed by atoms with Gasteiger partial charge in [0, 0.05) is 49.4 Å². The van der Waals surface area contributed by atoms with E-state index in [0.29, 0.717) is 35.1 Å². The Bertz CT molecular complexity index is 1090. The van der Waals surface area contributed by atoms with Gasteiger partial charge in [0.05, 0.1) is 30.6 Å². The molecular formula is C26H36N6O3S. The Morgan fingerprint density at radius 2 is 1.97 bits per heavy atom. The van der Waals surface area contributed by atoms with Crippen LogP contribution in [0.25, 0.3) is 0 Å². The summed E-state index contributed by atoms with van der Waals surface area (Å²) in [6, 6.07) is 7.66. The van der Waals surface area contributed by atoms with Gasteiger partial charge in [-0.25, -0.2) is 4.98 Å². The predicted octanol–water partition coefficient (Wildman–Crippen LogP) is 3.70. The summed E-state index contributed by atoms with van der Waals surface area (Å²) in [5.41, 5.74) is 3.86. The summed E-state index contributed by atoms with van der Waals surface area (Å²) in [6.07, 6.45) is 5.15. The first-order chi connectivity index (χ1) is 17.4. The molecule has 5 rings (SSSR count). The predicted molar refractivity (Wildman–Crippen MR) is 145 cm³/mol. The fourth-order valence-corrected chi connectivity index (χ4v) is 5.56. The van der Waals surface area contributed by atoms with E-state index in [-0.39, 0.29) is 18.6 Å². The molecule has 9 nitrogen and oxygen atoms in total. The van der Waals surface area contributed by atoms with Crippen molar-refractivity contribution in [2.24, 2.45) is 5.41 Å². The number of rotatable bonds is 8. The maximum Gasteiger partial charge on any atom is 0.258 e. The number of aliphatic hydroxyl groups excluding tert-OH is 1. The number of aromatic nitrogens is 2. The number of aliphatic hydroxyl groups is 1. The van der Waals surface area contributed by atoms with Crippen molar-refractivity contribution in [3.05, 3.63) is 35.5 Å². The van der Waals surface area contributed by atoms with E-state index < -0.39 is 0 Å². The Hall–Kier alpha value is -2.56. The van der Waals surface area contributed by atoms with E-state index in [0.717, 1.165) is 43.2 Å². The molecular weight excluding hydrogens is 476 g/mol. The Morgan fingerprint density at radius 3 is 2.69 bits per heavy atom. The van der Waals surface area contributed by atoms with E-state index in [1.165, 1.54) is 37.6 Å². The number of aryl methyl sites for hydroxylation is 1. The van der Waals surface area contributed by atoms with Crippen molar-refractivity contribution in [2.75, 3.05) is 65.0 Å². The van der Waals surface area contributed by atoms with Crippen LogP contribution in [0.4, 0.5) is 23.1 Å². The minimum Gasteiger partial charge on any atom is -0.395 e. The van der Waals surface area contributed by atoms with Gasteiger partial charge >= 0.3 is 0 Å². The monoisotopic (exact) mass is 512 g/mol. The van der Waals surface area contributed by atoms with E-state index >= 15 is 0 Å². The minimum atomic E-state index is -0.175. The zero-order chi connectivity index (χ0) is 25.1. The number of carbonyl (C=O) groups excluding carboxylic acids is 1. The lowest BCUT2D eigenvalue weighted by atomic mass is 9.93. The number of benzene rings is 1. The number of hydrogen-bond acceptors (Lipinski definition) is 9. The molecule has 1 unspecified atom stereocenters. The topological polar surface area (TPSA) is 103 Å². The van der Waals surface area contributed by atoms with Crippen LogP contribution < -0.4 is 19.8 Å². The largest absolute Gasteiger partial charge is 0.395 e. The maximum absolute atomic E-state index is 13.5. The van der Waals surface area contributed by atoms with Crippen LogP contribution in [-0.2, 0) is 4.74 Å². The molecule has 0 bridgehead atoms. The van der Waals surface area contributed by atoms with E-state index in [2.05, 4.69) is 35.9 Å². The van der Waals surface area contributed by atoms with Gasteiger partial charge in [-0.3, -0.25) is 4.79 Å². The minimum absolute atomic E-state index is 0.114. The number of ether oxygens (including phenoxy) is 1. The van der Waals surface area contributed by atoms with Gasteiger partial charge in [-0.15, -0.1) is 0 Å². The molecule has 1 saturated carbocycles. The Labute approximate surface area is 217 Å². The van der Waals surface area contributed by atoms with Gasteiger partial charge in [0.1, 0.15) is 5.82 Å². The number of carbonyl (C=O) groups is 1. The Balaban J connectivity index is 1.36. The molecule has 2 aliphatic heterocycles. The first-order valence-electron chi connectivity index (χ1n) is 12.9. The molecule has 1 atom stereocenters. The van der Waals surface area contributed by atoms with Crippen LogP contribution in [0.1, 0.15) is 48.7 Å². The van der Waals surface area contributed by atoms with Crippen LogP contribution >= 0.6 is 11.9 Å². The lowest BCUT2D eigenvalue weighted by molar-refractivity contribution is 0.0526. The molecule has 1 amide bonds. The zero-order valence-electron chi connectivity index (χ0n) is 21.1. The van der Waals surface area contributed by atoms with E-state index in [1.54, 1.807) is 0 Å². The third-order valence-corrected chi connectivity index (χ3v) is 8.12. The van der Waals surface area contributed by atoms with Crippen molar-refractivity contribution in [1.82, 2.24) is 9.97 Å². The number of anilines is 4. The van der Waals surface area contributed by atoms with Gasteiger partial charge in [-0.05, 0) is 63.1 Å². The van der Waals surface area contributed by atoms with Gasteiger partial charge < -0.3 is 29.7 Å². The highest BCUT2D eigenvalue weighted by atomic mass is 32.2. The van der Waals surface area contributed by atoms with Crippen molar-refractivity contribution < 1.29 is 14.6 Å². The first kappa shape index (κ1) is 25.1. The van der Waals surface area contributed by atoms with Crippen molar-refractivity contribution >= 4 is 41.0 Å². The maximum atomic E-state index is 13.5. The number of morpholine rings is 1. The van der Waals surface area contributed by atoms with Gasteiger partial charge in [-0.1, -0.05) is 11.9 Å². The third kappa shape index (κ3) is 5.87. The van der Waals surface area contributed by atoms with Crippen LogP contribution in [0.3, 0.4) is 0 Å². The molecule has 1 spiro atoms. The van der Waals surface area contributed by atoms with Gasteiger partial charge in [0.15, 0.2) is 0 Å². The molecule has 1 aromatic carbocycles. The second kappa shape index (κ2) is 10.8. The lowest BCUT2D eigenvalue weighted by Crippen LogP contribution is -2.42. The third-order valence-electron chi connectivity index (χ3n) is 7.36. The quantitative estimate of drug-likeness (QED) is 0.361. The molecule has 3 heterocycles. The fourth-order valence-electron chi connectivity index (χ4n) is 5.07. The summed E-state index contributed by atoms with van der Waals surface area (Å²) in [5.74, 6) is 1.54. The van der Waals surface area contributed by atoms with Crippen molar-refractivity contribution in [3.8, 4) is 0 Å². The SMILES string of the molecule is Cc1cc(NC(=O)c2ccc(NSCCO)cc2N2CCC3(CC2)CC3)nc(N2CCOC(C)C2)n1. The molecule has 2 aromatic rings. The summed E-state index contributed by atoms with van der Waals surface area (Å²) in [4.78, 5) is 27.3. The first-order valence-corrected chi connectivity index (χ1v) is 13.8.